The van der Waals surface area contributed by atoms with Crippen molar-refractivity contribution in [2.24, 2.45) is 0 Å². The van der Waals surface area contributed by atoms with Gasteiger partial charge >= 0.3 is 0 Å². The standard InChI is InChI=1S/C21H24N6O3S/c1-28-20-16(22)7-13(9-25-20)17-8-18(27-12-26-17)24-10-14(11-31-2)15-3-4-23-21-19(15)29-5-6-30-21/h3-4,7-9,12,14H,5-6,10-11,22H2,1-2H3,(H,24,26,27). The van der Waals surface area contributed by atoms with Crippen LogP contribution in [0.2, 0.25) is 0 Å². The number of fused-ring (bicyclic) bond motifs is 1. The van der Waals surface area contributed by atoms with E-state index < -0.39 is 0 Å². The number of ether oxygens (including phenoxy) is 3. The van der Waals surface area contributed by atoms with Gasteiger partial charge in [-0.3, -0.25) is 0 Å². The van der Waals surface area contributed by atoms with Crippen LogP contribution in [0, 0.1) is 0 Å². The summed E-state index contributed by atoms with van der Waals surface area (Å²) >= 11 is 1.77. The maximum atomic E-state index is 5.98. The molecular weight excluding hydrogens is 416 g/mol. The van der Waals surface area contributed by atoms with Crippen molar-refractivity contribution in [1.29, 1.82) is 0 Å². The number of anilines is 2. The number of hydrogen-bond donors (Lipinski definition) is 2. The van der Waals surface area contributed by atoms with E-state index in [2.05, 4.69) is 31.5 Å². The summed E-state index contributed by atoms with van der Waals surface area (Å²) in [4.78, 5) is 17.2. The minimum absolute atomic E-state index is 0.185. The quantitative estimate of drug-likeness (QED) is 0.541. The normalized spacial score (nSPS) is 13.5. The fraction of sp³-hybridized carbons (Fsp3) is 0.333. The first-order valence-electron chi connectivity index (χ1n) is 9.78. The van der Waals surface area contributed by atoms with Crippen molar-refractivity contribution in [3.63, 3.8) is 0 Å². The maximum absolute atomic E-state index is 5.98. The number of rotatable bonds is 8. The predicted molar refractivity (Wildman–Crippen MR) is 121 cm³/mol. The molecule has 0 saturated heterocycles. The molecule has 3 N–H and O–H groups in total. The lowest BCUT2D eigenvalue weighted by atomic mass is 10.0. The first-order valence-corrected chi connectivity index (χ1v) is 11.2. The van der Waals surface area contributed by atoms with Crippen molar-refractivity contribution in [1.82, 2.24) is 19.9 Å². The van der Waals surface area contributed by atoms with Crippen molar-refractivity contribution >= 4 is 23.3 Å². The molecule has 162 valence electrons. The van der Waals surface area contributed by atoms with E-state index >= 15 is 0 Å². The second kappa shape index (κ2) is 9.69. The van der Waals surface area contributed by atoms with Gasteiger partial charge in [-0.25, -0.2) is 19.9 Å². The Hall–Kier alpha value is -3.27. The highest BCUT2D eigenvalue weighted by molar-refractivity contribution is 7.98. The van der Waals surface area contributed by atoms with Crippen LogP contribution in [-0.2, 0) is 0 Å². The molecule has 0 aliphatic carbocycles. The second-order valence-corrected chi connectivity index (χ2v) is 7.79. The van der Waals surface area contributed by atoms with Gasteiger partial charge in [0.2, 0.25) is 5.88 Å². The SMILES string of the molecule is COc1ncc(-c2cc(NCC(CSC)c3ccnc4c3OCCO4)ncn2)cc1N. The zero-order chi connectivity index (χ0) is 21.6. The van der Waals surface area contributed by atoms with Gasteiger partial charge in [0.05, 0.1) is 18.5 Å². The molecule has 0 saturated carbocycles. The van der Waals surface area contributed by atoms with Gasteiger partial charge in [-0.15, -0.1) is 0 Å². The first-order chi connectivity index (χ1) is 15.2. The third-order valence-electron chi connectivity index (χ3n) is 4.84. The summed E-state index contributed by atoms with van der Waals surface area (Å²) in [6.07, 6.45) is 7.05. The summed E-state index contributed by atoms with van der Waals surface area (Å²) in [6, 6.07) is 5.66. The molecule has 0 amide bonds. The highest BCUT2D eigenvalue weighted by atomic mass is 32.2. The molecule has 10 heteroatoms. The second-order valence-electron chi connectivity index (χ2n) is 6.88. The average molecular weight is 441 g/mol. The third kappa shape index (κ3) is 4.74. The first kappa shape index (κ1) is 21.0. The van der Waals surface area contributed by atoms with Crippen molar-refractivity contribution in [3.8, 4) is 28.8 Å². The average Bonchev–Trinajstić information content (AvgIpc) is 2.81. The van der Waals surface area contributed by atoms with E-state index in [1.807, 2.05) is 12.1 Å². The van der Waals surface area contributed by atoms with Gasteiger partial charge in [0, 0.05) is 47.8 Å². The summed E-state index contributed by atoms with van der Waals surface area (Å²) in [6.45, 7) is 1.71. The molecule has 4 heterocycles. The molecule has 0 bridgehead atoms. The van der Waals surface area contributed by atoms with Gasteiger partial charge in [0.25, 0.3) is 5.88 Å². The summed E-state index contributed by atoms with van der Waals surface area (Å²) in [5.41, 5.74) is 9.03. The Labute approximate surface area is 184 Å². The molecule has 1 aliphatic heterocycles. The summed E-state index contributed by atoms with van der Waals surface area (Å²) < 4.78 is 16.6. The Kier molecular flexibility index (Phi) is 6.56. The number of nitrogens with one attached hydrogen (secondary N) is 1. The molecule has 3 aromatic rings. The van der Waals surface area contributed by atoms with Gasteiger partial charge < -0.3 is 25.3 Å². The highest BCUT2D eigenvalue weighted by Crippen LogP contribution is 2.37. The fourth-order valence-electron chi connectivity index (χ4n) is 3.37. The Morgan fingerprint density at radius 2 is 2.06 bits per heavy atom. The van der Waals surface area contributed by atoms with Crippen LogP contribution in [0.25, 0.3) is 11.3 Å². The van der Waals surface area contributed by atoms with Crippen LogP contribution >= 0.6 is 11.8 Å². The Bertz CT molecular complexity index is 1050. The zero-order valence-corrected chi connectivity index (χ0v) is 18.2. The van der Waals surface area contributed by atoms with Crippen molar-refractivity contribution in [3.05, 3.63) is 42.5 Å². The number of thioether (sulfide) groups is 1. The number of methoxy groups -OCH3 is 1. The molecule has 31 heavy (non-hydrogen) atoms. The maximum Gasteiger partial charge on any atom is 0.257 e. The van der Waals surface area contributed by atoms with E-state index in [4.69, 9.17) is 19.9 Å². The van der Waals surface area contributed by atoms with Crippen molar-refractivity contribution in [2.45, 2.75) is 5.92 Å². The molecule has 0 spiro atoms. The van der Waals surface area contributed by atoms with Crippen molar-refractivity contribution in [2.75, 3.05) is 49.9 Å². The lowest BCUT2D eigenvalue weighted by Crippen LogP contribution is -2.21. The van der Waals surface area contributed by atoms with Crippen LogP contribution in [0.4, 0.5) is 11.5 Å². The Balaban J connectivity index is 1.53. The molecular formula is C21H24N6O3S. The Morgan fingerprint density at radius 1 is 1.19 bits per heavy atom. The Morgan fingerprint density at radius 3 is 2.87 bits per heavy atom. The van der Waals surface area contributed by atoms with Crippen LogP contribution in [-0.4, -0.2) is 58.8 Å². The minimum atomic E-state index is 0.185. The van der Waals surface area contributed by atoms with Crippen LogP contribution in [0.15, 0.2) is 36.9 Å². The van der Waals surface area contributed by atoms with Gasteiger partial charge in [0.1, 0.15) is 25.4 Å². The largest absolute Gasteiger partial charge is 0.484 e. The molecule has 4 rings (SSSR count). The minimum Gasteiger partial charge on any atom is -0.484 e. The number of hydrogen-bond acceptors (Lipinski definition) is 10. The van der Waals surface area contributed by atoms with Crippen LogP contribution in [0.3, 0.4) is 0 Å². The topological polar surface area (TPSA) is 117 Å². The summed E-state index contributed by atoms with van der Waals surface area (Å²) in [5, 5.41) is 3.42. The molecule has 0 aromatic carbocycles. The van der Waals surface area contributed by atoms with E-state index in [-0.39, 0.29) is 5.92 Å². The van der Waals surface area contributed by atoms with Gasteiger partial charge in [-0.1, -0.05) is 0 Å². The van der Waals surface area contributed by atoms with E-state index in [0.717, 1.165) is 28.3 Å². The van der Waals surface area contributed by atoms with Crippen molar-refractivity contribution < 1.29 is 14.2 Å². The lowest BCUT2D eigenvalue weighted by molar-refractivity contribution is 0.162. The predicted octanol–water partition coefficient (Wildman–Crippen LogP) is 2.85. The highest BCUT2D eigenvalue weighted by Gasteiger charge is 2.23. The van der Waals surface area contributed by atoms with E-state index in [1.165, 1.54) is 13.4 Å². The van der Waals surface area contributed by atoms with Crippen LogP contribution in [0.5, 0.6) is 17.5 Å². The molecule has 1 unspecified atom stereocenters. The number of nitrogens with two attached hydrogens (primary N) is 1. The molecule has 0 radical (unpaired) electrons. The monoisotopic (exact) mass is 440 g/mol. The summed E-state index contributed by atoms with van der Waals surface area (Å²) in [5.74, 6) is 3.49. The number of nitrogens with zero attached hydrogens (tertiary/aromatic N) is 4. The van der Waals surface area contributed by atoms with E-state index in [1.54, 1.807) is 30.2 Å². The summed E-state index contributed by atoms with van der Waals surface area (Å²) in [7, 11) is 1.53. The molecule has 9 nitrogen and oxygen atoms in total. The lowest BCUT2D eigenvalue weighted by Gasteiger charge is -2.24. The smallest absolute Gasteiger partial charge is 0.257 e. The zero-order valence-electron chi connectivity index (χ0n) is 17.4. The number of nitrogen functional groups attached to an aromatic ring is 1. The number of pyridine rings is 2. The molecule has 3 aromatic heterocycles. The van der Waals surface area contributed by atoms with Gasteiger partial charge in [-0.2, -0.15) is 11.8 Å². The van der Waals surface area contributed by atoms with Gasteiger partial charge in [-0.05, 0) is 18.4 Å². The third-order valence-corrected chi connectivity index (χ3v) is 5.58. The fourth-order valence-corrected chi connectivity index (χ4v) is 4.07. The van der Waals surface area contributed by atoms with Crippen LogP contribution < -0.4 is 25.3 Å². The van der Waals surface area contributed by atoms with Gasteiger partial charge in [0.15, 0.2) is 5.75 Å². The molecule has 1 aliphatic rings. The van der Waals surface area contributed by atoms with Crippen LogP contribution in [0.1, 0.15) is 11.5 Å². The van der Waals surface area contributed by atoms with E-state index in [9.17, 15) is 0 Å². The number of aromatic nitrogens is 4. The molecule has 1 atom stereocenters. The van der Waals surface area contributed by atoms with E-state index in [0.29, 0.717) is 43.0 Å². The molecule has 0 fully saturated rings.